The van der Waals surface area contributed by atoms with Crippen molar-refractivity contribution in [3.63, 3.8) is 0 Å². The van der Waals surface area contributed by atoms with Crippen LogP contribution in [0.15, 0.2) is 22.7 Å². The topological polar surface area (TPSA) is 29.3 Å². The van der Waals surface area contributed by atoms with Crippen LogP contribution >= 0.6 is 15.9 Å². The molecule has 2 N–H and O–H groups in total. The Kier molecular flexibility index (Phi) is 3.67. The van der Waals surface area contributed by atoms with Crippen molar-refractivity contribution >= 4 is 15.9 Å². The molecule has 0 radical (unpaired) electrons. The highest BCUT2D eigenvalue weighted by molar-refractivity contribution is 9.10. The Morgan fingerprint density at radius 2 is 2.19 bits per heavy atom. The van der Waals surface area contributed by atoms with Crippen molar-refractivity contribution in [2.24, 2.45) is 5.73 Å². The van der Waals surface area contributed by atoms with Crippen LogP contribution in [0.5, 0.6) is 0 Å². The van der Waals surface area contributed by atoms with E-state index < -0.39 is 0 Å². The van der Waals surface area contributed by atoms with Crippen LogP contribution in [0.25, 0.3) is 0 Å². The number of nitrogens with zero attached hydrogens (tertiary/aromatic N) is 1. The fourth-order valence-corrected chi connectivity index (χ4v) is 3.27. The van der Waals surface area contributed by atoms with Gasteiger partial charge in [0.05, 0.1) is 6.04 Å². The highest BCUT2D eigenvalue weighted by Crippen LogP contribution is 2.33. The third-order valence-electron chi connectivity index (χ3n) is 3.40. The van der Waals surface area contributed by atoms with Gasteiger partial charge in [-0.2, -0.15) is 0 Å². The van der Waals surface area contributed by atoms with Gasteiger partial charge in [0.2, 0.25) is 0 Å². The molecule has 0 spiro atoms. The molecule has 1 aliphatic rings. The summed E-state index contributed by atoms with van der Waals surface area (Å²) >= 11 is 3.66. The minimum absolute atomic E-state index is 0.248. The summed E-state index contributed by atoms with van der Waals surface area (Å²) in [6.45, 7) is 3.25. The van der Waals surface area contributed by atoms with Gasteiger partial charge in [-0.15, -0.1) is 0 Å². The average Bonchev–Trinajstić information content (AvgIpc) is 2.20. The summed E-state index contributed by atoms with van der Waals surface area (Å²) in [7, 11) is 2.16. The monoisotopic (exact) mass is 282 g/mol. The molecule has 1 aromatic carbocycles. The van der Waals surface area contributed by atoms with Crippen LogP contribution in [0.2, 0.25) is 0 Å². The summed E-state index contributed by atoms with van der Waals surface area (Å²) in [5.41, 5.74) is 8.85. The van der Waals surface area contributed by atoms with Crippen LogP contribution in [0.1, 0.15) is 30.0 Å². The van der Waals surface area contributed by atoms with E-state index in [-0.39, 0.29) is 6.04 Å². The summed E-state index contributed by atoms with van der Waals surface area (Å²) in [5.74, 6) is 0. The maximum absolute atomic E-state index is 6.25. The van der Waals surface area contributed by atoms with Gasteiger partial charge in [-0.3, -0.25) is 4.90 Å². The number of halogens is 1. The first-order valence-electron chi connectivity index (χ1n) is 5.81. The molecule has 1 saturated heterocycles. The molecule has 1 aliphatic heterocycles. The van der Waals surface area contributed by atoms with Crippen molar-refractivity contribution in [1.29, 1.82) is 0 Å². The number of likely N-dealkylation sites (N-methyl/N-ethyl adjacent to an activating group) is 1. The lowest BCUT2D eigenvalue weighted by atomic mass is 9.91. The third kappa shape index (κ3) is 2.31. The van der Waals surface area contributed by atoms with E-state index in [1.54, 1.807) is 0 Å². The zero-order chi connectivity index (χ0) is 11.7. The van der Waals surface area contributed by atoms with Crippen LogP contribution in [0.4, 0.5) is 0 Å². The average molecular weight is 283 g/mol. The van der Waals surface area contributed by atoms with Crippen molar-refractivity contribution in [2.45, 2.75) is 31.8 Å². The predicted molar refractivity (Wildman–Crippen MR) is 71.5 cm³/mol. The SMILES string of the molecule is Cc1ccc(C2C(N)CCCN2C)c(Br)c1. The van der Waals surface area contributed by atoms with Gasteiger partial charge in [0, 0.05) is 10.5 Å². The third-order valence-corrected chi connectivity index (χ3v) is 4.09. The summed E-state index contributed by atoms with van der Waals surface area (Å²) < 4.78 is 1.18. The fraction of sp³-hybridized carbons (Fsp3) is 0.538. The van der Waals surface area contributed by atoms with Gasteiger partial charge in [0.1, 0.15) is 0 Å². The highest BCUT2D eigenvalue weighted by Gasteiger charge is 2.28. The van der Waals surface area contributed by atoms with Gasteiger partial charge in [0.25, 0.3) is 0 Å². The lowest BCUT2D eigenvalue weighted by Gasteiger charge is -2.38. The lowest BCUT2D eigenvalue weighted by Crippen LogP contribution is -2.44. The van der Waals surface area contributed by atoms with Crippen molar-refractivity contribution in [2.75, 3.05) is 13.6 Å². The summed E-state index contributed by atoms with van der Waals surface area (Å²) in [5, 5.41) is 0. The fourth-order valence-electron chi connectivity index (χ4n) is 2.54. The van der Waals surface area contributed by atoms with Gasteiger partial charge < -0.3 is 5.73 Å². The number of aryl methyl sites for hydroxylation is 1. The number of rotatable bonds is 1. The Balaban J connectivity index is 2.34. The molecule has 16 heavy (non-hydrogen) atoms. The Morgan fingerprint density at radius 3 is 2.81 bits per heavy atom. The van der Waals surface area contributed by atoms with Crippen molar-refractivity contribution in [3.8, 4) is 0 Å². The zero-order valence-corrected chi connectivity index (χ0v) is 11.5. The molecule has 1 fully saturated rings. The number of benzene rings is 1. The van der Waals surface area contributed by atoms with Crippen LogP contribution in [-0.4, -0.2) is 24.5 Å². The van der Waals surface area contributed by atoms with E-state index in [0.717, 1.165) is 13.0 Å². The van der Waals surface area contributed by atoms with Crippen molar-refractivity contribution < 1.29 is 0 Å². The first-order chi connectivity index (χ1) is 7.59. The molecule has 3 heteroatoms. The minimum Gasteiger partial charge on any atom is -0.326 e. The van der Waals surface area contributed by atoms with Gasteiger partial charge in [-0.05, 0) is 50.6 Å². The number of nitrogens with two attached hydrogens (primary N) is 1. The van der Waals surface area contributed by atoms with Crippen LogP contribution in [-0.2, 0) is 0 Å². The van der Waals surface area contributed by atoms with Gasteiger partial charge in [-0.25, -0.2) is 0 Å². The normalized spacial score (nSPS) is 27.0. The molecule has 2 nitrogen and oxygen atoms in total. The van der Waals surface area contributed by atoms with Gasteiger partial charge in [-0.1, -0.05) is 28.1 Å². The molecule has 0 aromatic heterocycles. The molecule has 0 bridgehead atoms. The smallest absolute Gasteiger partial charge is 0.0507 e. The quantitative estimate of drug-likeness (QED) is 0.858. The number of likely N-dealkylation sites (tertiary alicyclic amines) is 1. The second kappa shape index (κ2) is 4.86. The van der Waals surface area contributed by atoms with Gasteiger partial charge >= 0.3 is 0 Å². The second-order valence-electron chi connectivity index (χ2n) is 4.76. The standard InChI is InChI=1S/C13H19BrN2/c1-9-5-6-10(11(14)8-9)13-12(15)4-3-7-16(13)2/h5-6,8,12-13H,3-4,7,15H2,1-2H3. The number of hydrogen-bond acceptors (Lipinski definition) is 2. The van der Waals surface area contributed by atoms with E-state index in [1.807, 2.05) is 0 Å². The second-order valence-corrected chi connectivity index (χ2v) is 5.61. The summed E-state index contributed by atoms with van der Waals surface area (Å²) in [6.07, 6.45) is 2.33. The Labute approximate surface area is 106 Å². The maximum Gasteiger partial charge on any atom is 0.0507 e. The van der Waals surface area contributed by atoms with E-state index in [9.17, 15) is 0 Å². The molecule has 1 aromatic rings. The summed E-state index contributed by atoms with van der Waals surface area (Å²) in [6, 6.07) is 7.13. The van der Waals surface area contributed by atoms with Gasteiger partial charge in [0.15, 0.2) is 0 Å². The Morgan fingerprint density at radius 1 is 1.44 bits per heavy atom. The predicted octanol–water partition coefficient (Wildman–Crippen LogP) is 2.85. The molecule has 0 aliphatic carbocycles. The van der Waals surface area contributed by atoms with E-state index in [0.29, 0.717) is 6.04 Å². The number of piperidine rings is 1. The van der Waals surface area contributed by atoms with Crippen LogP contribution < -0.4 is 5.73 Å². The lowest BCUT2D eigenvalue weighted by molar-refractivity contribution is 0.162. The Bertz CT molecular complexity index is 368. The van der Waals surface area contributed by atoms with Crippen LogP contribution in [0.3, 0.4) is 0 Å². The van der Waals surface area contributed by atoms with Crippen LogP contribution in [0, 0.1) is 6.92 Å². The minimum atomic E-state index is 0.248. The highest BCUT2D eigenvalue weighted by atomic mass is 79.9. The van der Waals surface area contributed by atoms with Crippen molar-refractivity contribution in [1.82, 2.24) is 4.90 Å². The molecule has 2 unspecified atom stereocenters. The first kappa shape index (κ1) is 12.1. The molecule has 2 atom stereocenters. The molecular weight excluding hydrogens is 264 g/mol. The number of hydrogen-bond donors (Lipinski definition) is 1. The summed E-state index contributed by atoms with van der Waals surface area (Å²) in [4.78, 5) is 2.36. The maximum atomic E-state index is 6.25. The molecule has 0 amide bonds. The Hall–Kier alpha value is -0.380. The molecule has 0 saturated carbocycles. The molecule has 2 rings (SSSR count). The van der Waals surface area contributed by atoms with E-state index in [4.69, 9.17) is 5.73 Å². The first-order valence-corrected chi connectivity index (χ1v) is 6.61. The van der Waals surface area contributed by atoms with E-state index in [1.165, 1.54) is 22.0 Å². The van der Waals surface area contributed by atoms with E-state index in [2.05, 4.69) is 53.0 Å². The molecular formula is C13H19BrN2. The van der Waals surface area contributed by atoms with Crippen molar-refractivity contribution in [3.05, 3.63) is 33.8 Å². The largest absolute Gasteiger partial charge is 0.326 e. The molecule has 1 heterocycles. The molecule has 88 valence electrons. The zero-order valence-electron chi connectivity index (χ0n) is 9.91. The van der Waals surface area contributed by atoms with E-state index >= 15 is 0 Å².